The summed E-state index contributed by atoms with van der Waals surface area (Å²) in [7, 11) is 1.65. The van der Waals surface area contributed by atoms with Crippen LogP contribution in [0.4, 0.5) is 5.69 Å². The average molecular weight is 396 g/mol. The van der Waals surface area contributed by atoms with E-state index in [1.165, 1.54) is 0 Å². The van der Waals surface area contributed by atoms with Crippen LogP contribution in [0.15, 0.2) is 45.3 Å². The lowest BCUT2D eigenvalue weighted by atomic mass is 10.2. The maximum absolute atomic E-state index is 8.77. The molecule has 0 aliphatic carbocycles. The van der Waals surface area contributed by atoms with E-state index in [1.807, 2.05) is 24.3 Å². The maximum atomic E-state index is 8.77. The van der Waals surface area contributed by atoms with Crippen LogP contribution in [0.25, 0.3) is 0 Å². The average Bonchev–Trinajstić information content (AvgIpc) is 2.45. The van der Waals surface area contributed by atoms with Gasteiger partial charge in [-0.05, 0) is 52.3 Å². The first-order valence-corrected chi connectivity index (χ1v) is 7.48. The minimum absolute atomic E-state index is 0.632. The Morgan fingerprint density at radius 1 is 1.20 bits per heavy atom. The Labute approximate surface area is 134 Å². The minimum Gasteiger partial charge on any atom is -0.495 e. The van der Waals surface area contributed by atoms with Crippen molar-refractivity contribution in [2.75, 3.05) is 12.4 Å². The molecule has 0 spiro atoms. The van der Waals surface area contributed by atoms with Crippen molar-refractivity contribution in [1.82, 2.24) is 0 Å². The molecular formula is C15H12Br2N2O. The smallest absolute Gasteiger partial charge is 0.138 e. The molecule has 5 heteroatoms. The number of ether oxygens (including phenoxy) is 1. The van der Waals surface area contributed by atoms with Gasteiger partial charge in [-0.3, -0.25) is 0 Å². The summed E-state index contributed by atoms with van der Waals surface area (Å²) < 4.78 is 7.30. The Hall–Kier alpha value is -1.51. The molecule has 0 fully saturated rings. The van der Waals surface area contributed by atoms with E-state index in [1.54, 1.807) is 19.2 Å². The van der Waals surface area contributed by atoms with Gasteiger partial charge in [0.05, 0.1) is 23.2 Å². The summed E-state index contributed by atoms with van der Waals surface area (Å²) >= 11 is 6.96. The summed E-state index contributed by atoms with van der Waals surface area (Å²) in [5, 5.41) is 12.1. The predicted octanol–water partition coefficient (Wildman–Crippen LogP) is 4.70. The van der Waals surface area contributed by atoms with E-state index in [0.29, 0.717) is 12.1 Å². The van der Waals surface area contributed by atoms with E-state index in [0.717, 1.165) is 25.9 Å². The van der Waals surface area contributed by atoms with Crippen molar-refractivity contribution in [3.8, 4) is 11.8 Å². The van der Waals surface area contributed by atoms with Crippen LogP contribution in [0.2, 0.25) is 0 Å². The van der Waals surface area contributed by atoms with Crippen LogP contribution in [-0.4, -0.2) is 7.11 Å². The van der Waals surface area contributed by atoms with Crippen molar-refractivity contribution in [3.05, 3.63) is 56.5 Å². The molecule has 2 aromatic rings. The normalized spacial score (nSPS) is 9.90. The Balaban J connectivity index is 2.16. The third kappa shape index (κ3) is 3.53. The number of nitriles is 1. The number of nitrogens with zero attached hydrogens (tertiary/aromatic N) is 1. The molecule has 1 N–H and O–H groups in total. The first-order valence-electron chi connectivity index (χ1n) is 5.90. The van der Waals surface area contributed by atoms with E-state index in [9.17, 15) is 0 Å². The van der Waals surface area contributed by atoms with Gasteiger partial charge in [-0.1, -0.05) is 15.9 Å². The molecule has 20 heavy (non-hydrogen) atoms. The number of hydrogen-bond donors (Lipinski definition) is 1. The molecule has 0 heterocycles. The van der Waals surface area contributed by atoms with Gasteiger partial charge in [0.15, 0.2) is 0 Å². The van der Waals surface area contributed by atoms with Crippen LogP contribution in [0.3, 0.4) is 0 Å². The number of methoxy groups -OCH3 is 1. The van der Waals surface area contributed by atoms with E-state index in [4.69, 9.17) is 10.00 Å². The molecule has 0 bridgehead atoms. The van der Waals surface area contributed by atoms with Gasteiger partial charge in [0.25, 0.3) is 0 Å². The molecule has 3 nitrogen and oxygen atoms in total. The fraction of sp³-hybridized carbons (Fsp3) is 0.133. The highest BCUT2D eigenvalue weighted by atomic mass is 79.9. The lowest BCUT2D eigenvalue weighted by Crippen LogP contribution is -2.02. The zero-order chi connectivity index (χ0) is 14.5. The molecule has 102 valence electrons. The van der Waals surface area contributed by atoms with Crippen molar-refractivity contribution in [3.63, 3.8) is 0 Å². The van der Waals surface area contributed by atoms with Gasteiger partial charge in [0, 0.05) is 22.3 Å². The van der Waals surface area contributed by atoms with Crippen molar-refractivity contribution in [2.24, 2.45) is 0 Å². The highest BCUT2D eigenvalue weighted by Crippen LogP contribution is 2.33. The molecule has 0 radical (unpaired) electrons. The highest BCUT2D eigenvalue weighted by Gasteiger charge is 2.09. The summed E-state index contributed by atoms with van der Waals surface area (Å²) in [5.74, 6) is 0.814. The highest BCUT2D eigenvalue weighted by molar-refractivity contribution is 9.11. The van der Waals surface area contributed by atoms with Crippen molar-refractivity contribution < 1.29 is 4.74 Å². The third-order valence-electron chi connectivity index (χ3n) is 2.79. The number of anilines is 1. The molecule has 0 aliphatic heterocycles. The van der Waals surface area contributed by atoms with Crippen LogP contribution in [0, 0.1) is 11.3 Å². The number of halogens is 2. The van der Waals surface area contributed by atoms with Crippen LogP contribution >= 0.6 is 31.9 Å². The number of rotatable bonds is 4. The van der Waals surface area contributed by atoms with Gasteiger partial charge in [-0.25, -0.2) is 0 Å². The maximum Gasteiger partial charge on any atom is 0.138 e. The summed E-state index contributed by atoms with van der Waals surface area (Å²) in [6, 6.07) is 13.4. The Bertz CT molecular complexity index is 648. The van der Waals surface area contributed by atoms with E-state index in [-0.39, 0.29) is 0 Å². The molecule has 0 amide bonds. The second-order valence-corrected chi connectivity index (χ2v) is 5.89. The fourth-order valence-corrected chi connectivity index (χ4v) is 3.31. The fourth-order valence-electron chi connectivity index (χ4n) is 1.83. The standard InChI is InChI=1S/C15H12Br2N2O/c1-20-15-11(6-12(16)7-14(15)17)9-19-13-4-2-10(8-18)3-5-13/h2-7,19H,9H2,1H3. The molecule has 2 aromatic carbocycles. The largest absolute Gasteiger partial charge is 0.495 e. The van der Waals surface area contributed by atoms with Gasteiger partial charge in [0.2, 0.25) is 0 Å². The number of nitrogens with one attached hydrogen (secondary N) is 1. The number of benzene rings is 2. The molecular weight excluding hydrogens is 384 g/mol. The van der Waals surface area contributed by atoms with Gasteiger partial charge >= 0.3 is 0 Å². The van der Waals surface area contributed by atoms with Crippen molar-refractivity contribution in [2.45, 2.75) is 6.54 Å². The molecule has 0 saturated carbocycles. The minimum atomic E-state index is 0.632. The Morgan fingerprint density at radius 3 is 2.50 bits per heavy atom. The zero-order valence-corrected chi connectivity index (χ0v) is 14.0. The van der Waals surface area contributed by atoms with Gasteiger partial charge in [-0.2, -0.15) is 5.26 Å². The van der Waals surface area contributed by atoms with E-state index < -0.39 is 0 Å². The predicted molar refractivity (Wildman–Crippen MR) is 86.9 cm³/mol. The summed E-state index contributed by atoms with van der Waals surface area (Å²) in [5.41, 5.74) is 2.65. The topological polar surface area (TPSA) is 45.0 Å². The lowest BCUT2D eigenvalue weighted by molar-refractivity contribution is 0.407. The molecule has 0 saturated heterocycles. The lowest BCUT2D eigenvalue weighted by Gasteiger charge is -2.13. The van der Waals surface area contributed by atoms with E-state index >= 15 is 0 Å². The van der Waals surface area contributed by atoms with Crippen LogP contribution in [0.5, 0.6) is 5.75 Å². The molecule has 0 aromatic heterocycles. The van der Waals surface area contributed by atoms with E-state index in [2.05, 4.69) is 43.2 Å². The van der Waals surface area contributed by atoms with Gasteiger partial charge in [0.1, 0.15) is 5.75 Å². The molecule has 0 aliphatic rings. The monoisotopic (exact) mass is 394 g/mol. The van der Waals surface area contributed by atoms with Gasteiger partial charge in [-0.15, -0.1) is 0 Å². The van der Waals surface area contributed by atoms with Crippen molar-refractivity contribution in [1.29, 1.82) is 5.26 Å². The first kappa shape index (κ1) is 14.9. The second-order valence-electron chi connectivity index (χ2n) is 4.12. The first-order chi connectivity index (χ1) is 9.63. The van der Waals surface area contributed by atoms with Crippen LogP contribution in [-0.2, 0) is 6.54 Å². The third-order valence-corrected chi connectivity index (χ3v) is 3.83. The Morgan fingerprint density at radius 2 is 1.90 bits per heavy atom. The molecule has 0 unspecified atom stereocenters. The zero-order valence-electron chi connectivity index (χ0n) is 10.8. The summed E-state index contributed by atoms with van der Waals surface area (Å²) in [6.07, 6.45) is 0. The summed E-state index contributed by atoms with van der Waals surface area (Å²) in [6.45, 7) is 0.632. The van der Waals surface area contributed by atoms with Crippen LogP contribution < -0.4 is 10.1 Å². The van der Waals surface area contributed by atoms with Crippen molar-refractivity contribution >= 4 is 37.5 Å². The molecule has 0 atom stereocenters. The van der Waals surface area contributed by atoms with Gasteiger partial charge < -0.3 is 10.1 Å². The second kappa shape index (κ2) is 6.78. The SMILES string of the molecule is COc1c(Br)cc(Br)cc1CNc1ccc(C#N)cc1. The Kier molecular flexibility index (Phi) is 5.05. The number of hydrogen-bond acceptors (Lipinski definition) is 3. The summed E-state index contributed by atoms with van der Waals surface area (Å²) in [4.78, 5) is 0. The van der Waals surface area contributed by atoms with Crippen LogP contribution in [0.1, 0.15) is 11.1 Å². The quantitative estimate of drug-likeness (QED) is 0.815. The molecule has 2 rings (SSSR count).